The highest BCUT2D eigenvalue weighted by atomic mass is 19.4. The van der Waals surface area contributed by atoms with Gasteiger partial charge in [0.15, 0.2) is 0 Å². The number of hydrogen-bond donors (Lipinski definition) is 1. The number of anilines is 1. The fraction of sp³-hybridized carbons (Fsp3) is 0.417. The molecule has 1 heterocycles. The van der Waals surface area contributed by atoms with Crippen molar-refractivity contribution >= 4 is 11.6 Å². The molecule has 0 spiro atoms. The van der Waals surface area contributed by atoms with Gasteiger partial charge in [-0.05, 0) is 12.1 Å². The van der Waals surface area contributed by atoms with Crippen LogP contribution in [0.3, 0.4) is 0 Å². The van der Waals surface area contributed by atoms with E-state index in [9.17, 15) is 18.0 Å². The predicted molar refractivity (Wildman–Crippen MR) is 63.2 cm³/mol. The molecule has 19 heavy (non-hydrogen) atoms. The summed E-state index contributed by atoms with van der Waals surface area (Å²) in [5.41, 5.74) is 0.590. The highest BCUT2D eigenvalue weighted by Gasteiger charge is 2.28. The summed E-state index contributed by atoms with van der Waals surface area (Å²) in [4.78, 5) is 13.3. The number of alkyl halides is 3. The zero-order chi connectivity index (χ0) is 13.9. The van der Waals surface area contributed by atoms with Gasteiger partial charge in [-0.1, -0.05) is 12.1 Å². The fourth-order valence-electron chi connectivity index (χ4n) is 1.84. The van der Waals surface area contributed by atoms with E-state index in [-0.39, 0.29) is 6.54 Å². The van der Waals surface area contributed by atoms with Crippen molar-refractivity contribution in [1.29, 1.82) is 0 Å². The zero-order valence-electron chi connectivity index (χ0n) is 10.0. The van der Waals surface area contributed by atoms with Gasteiger partial charge in [0.2, 0.25) is 5.91 Å². The number of ether oxygens (including phenoxy) is 1. The number of nitrogens with zero attached hydrogens (tertiary/aromatic N) is 1. The smallest absolute Gasteiger partial charge is 0.401 e. The Morgan fingerprint density at radius 3 is 2.84 bits per heavy atom. The molecule has 1 aromatic rings. The SMILES string of the molecule is O=C(CNCC(F)(F)F)N1CCOc2ccccc21. The Labute approximate surface area is 108 Å². The van der Waals surface area contributed by atoms with Crippen molar-refractivity contribution in [2.45, 2.75) is 6.18 Å². The van der Waals surface area contributed by atoms with E-state index in [4.69, 9.17) is 4.74 Å². The van der Waals surface area contributed by atoms with Gasteiger partial charge >= 0.3 is 6.18 Å². The van der Waals surface area contributed by atoms with E-state index in [0.717, 1.165) is 0 Å². The molecule has 0 aliphatic carbocycles. The molecule has 1 aliphatic rings. The van der Waals surface area contributed by atoms with Crippen molar-refractivity contribution < 1.29 is 22.7 Å². The van der Waals surface area contributed by atoms with Gasteiger partial charge in [-0.25, -0.2) is 0 Å². The van der Waals surface area contributed by atoms with Gasteiger partial charge < -0.3 is 15.0 Å². The molecule has 7 heteroatoms. The second-order valence-corrected chi connectivity index (χ2v) is 4.08. The van der Waals surface area contributed by atoms with E-state index in [1.807, 2.05) is 0 Å². The summed E-state index contributed by atoms with van der Waals surface area (Å²) in [6.45, 7) is -0.857. The van der Waals surface area contributed by atoms with Crippen LogP contribution in [-0.2, 0) is 4.79 Å². The number of nitrogens with one attached hydrogen (secondary N) is 1. The quantitative estimate of drug-likeness (QED) is 0.909. The fourth-order valence-corrected chi connectivity index (χ4v) is 1.84. The van der Waals surface area contributed by atoms with Gasteiger partial charge in [0, 0.05) is 0 Å². The number of rotatable bonds is 3. The van der Waals surface area contributed by atoms with Crippen LogP contribution in [-0.4, -0.2) is 38.3 Å². The number of carbonyl (C=O) groups is 1. The second kappa shape index (κ2) is 5.48. The lowest BCUT2D eigenvalue weighted by Gasteiger charge is -2.29. The zero-order valence-corrected chi connectivity index (χ0v) is 10.0. The van der Waals surface area contributed by atoms with Crippen LogP contribution in [0, 0.1) is 0 Å². The molecular weight excluding hydrogens is 261 g/mol. The topological polar surface area (TPSA) is 41.6 Å². The van der Waals surface area contributed by atoms with E-state index in [1.54, 1.807) is 24.3 Å². The number of benzene rings is 1. The molecule has 0 aromatic heterocycles. The first-order valence-electron chi connectivity index (χ1n) is 5.77. The lowest BCUT2D eigenvalue weighted by molar-refractivity contribution is -0.127. The first-order valence-corrected chi connectivity index (χ1v) is 5.77. The molecule has 1 N–H and O–H groups in total. The lowest BCUT2D eigenvalue weighted by atomic mass is 10.2. The number of amides is 1. The molecule has 2 rings (SSSR count). The number of para-hydroxylation sites is 2. The molecule has 4 nitrogen and oxygen atoms in total. The summed E-state index contributed by atoms with van der Waals surface area (Å²) in [6, 6.07) is 6.94. The van der Waals surface area contributed by atoms with Crippen LogP contribution in [0.1, 0.15) is 0 Å². The van der Waals surface area contributed by atoms with Crippen molar-refractivity contribution in [1.82, 2.24) is 5.32 Å². The summed E-state index contributed by atoms with van der Waals surface area (Å²) in [5.74, 6) is 0.165. The summed E-state index contributed by atoms with van der Waals surface area (Å²) in [7, 11) is 0. The minimum atomic E-state index is -4.32. The Kier molecular flexibility index (Phi) is 3.94. The van der Waals surface area contributed by atoms with E-state index in [0.29, 0.717) is 24.6 Å². The number of fused-ring (bicyclic) bond motifs is 1. The van der Waals surface area contributed by atoms with Crippen LogP contribution >= 0.6 is 0 Å². The molecule has 0 radical (unpaired) electrons. The minimum Gasteiger partial charge on any atom is -0.490 e. The van der Waals surface area contributed by atoms with Crippen LogP contribution < -0.4 is 15.0 Å². The maximum Gasteiger partial charge on any atom is 0.401 e. The molecule has 104 valence electrons. The largest absolute Gasteiger partial charge is 0.490 e. The summed E-state index contributed by atoms with van der Waals surface area (Å²) < 4.78 is 41.3. The minimum absolute atomic E-state index is 0.335. The standard InChI is InChI=1S/C12H13F3N2O2/c13-12(14,15)8-16-7-11(18)17-5-6-19-10-4-2-1-3-9(10)17/h1-4,16H,5-8H2. The maximum atomic E-state index is 12.0. The number of hydrogen-bond acceptors (Lipinski definition) is 3. The molecule has 0 unspecified atom stereocenters. The molecule has 0 atom stereocenters. The van der Waals surface area contributed by atoms with E-state index in [2.05, 4.69) is 5.32 Å². The average Bonchev–Trinajstić information content (AvgIpc) is 2.36. The molecule has 0 saturated heterocycles. The van der Waals surface area contributed by atoms with Crippen molar-refractivity contribution in [3.63, 3.8) is 0 Å². The third-order valence-electron chi connectivity index (χ3n) is 2.63. The molecule has 1 aromatic carbocycles. The van der Waals surface area contributed by atoms with Crippen LogP contribution in [0.5, 0.6) is 5.75 Å². The first kappa shape index (κ1) is 13.7. The Hall–Kier alpha value is -1.76. The van der Waals surface area contributed by atoms with Gasteiger partial charge in [-0.2, -0.15) is 13.2 Å². The Balaban J connectivity index is 1.97. The van der Waals surface area contributed by atoms with Crippen LogP contribution in [0.25, 0.3) is 0 Å². The Morgan fingerprint density at radius 1 is 1.37 bits per heavy atom. The average molecular weight is 274 g/mol. The van der Waals surface area contributed by atoms with E-state index >= 15 is 0 Å². The van der Waals surface area contributed by atoms with Crippen molar-refractivity contribution in [2.24, 2.45) is 0 Å². The van der Waals surface area contributed by atoms with Gasteiger partial charge in [0.25, 0.3) is 0 Å². The van der Waals surface area contributed by atoms with Crippen molar-refractivity contribution in [3.05, 3.63) is 24.3 Å². The maximum absolute atomic E-state index is 12.0. The van der Waals surface area contributed by atoms with Crippen LogP contribution in [0.15, 0.2) is 24.3 Å². The van der Waals surface area contributed by atoms with Gasteiger partial charge in [-0.3, -0.25) is 4.79 Å². The third-order valence-corrected chi connectivity index (χ3v) is 2.63. The first-order chi connectivity index (χ1) is 8.97. The van der Waals surface area contributed by atoms with Gasteiger partial charge in [0.05, 0.1) is 25.3 Å². The van der Waals surface area contributed by atoms with Gasteiger partial charge in [0.1, 0.15) is 12.4 Å². The Bertz CT molecular complexity index is 463. The molecule has 1 amide bonds. The summed E-state index contributed by atoms with van der Waals surface area (Å²) in [6.07, 6.45) is -4.32. The molecule has 0 bridgehead atoms. The highest BCUT2D eigenvalue weighted by Crippen LogP contribution is 2.30. The number of carbonyl (C=O) groups excluding carboxylic acids is 1. The van der Waals surface area contributed by atoms with E-state index in [1.165, 1.54) is 4.90 Å². The lowest BCUT2D eigenvalue weighted by Crippen LogP contribution is -2.44. The Morgan fingerprint density at radius 2 is 2.11 bits per heavy atom. The van der Waals surface area contributed by atoms with Gasteiger partial charge in [-0.15, -0.1) is 0 Å². The van der Waals surface area contributed by atoms with Crippen LogP contribution in [0.2, 0.25) is 0 Å². The van der Waals surface area contributed by atoms with Crippen molar-refractivity contribution in [2.75, 3.05) is 31.1 Å². The summed E-state index contributed by atoms with van der Waals surface area (Å²) >= 11 is 0. The second-order valence-electron chi connectivity index (χ2n) is 4.08. The van der Waals surface area contributed by atoms with E-state index < -0.39 is 18.6 Å². The predicted octanol–water partition coefficient (Wildman–Crippen LogP) is 1.56. The summed E-state index contributed by atoms with van der Waals surface area (Å²) in [5, 5.41) is 2.10. The number of halogens is 3. The van der Waals surface area contributed by atoms with Crippen molar-refractivity contribution in [3.8, 4) is 5.75 Å². The third kappa shape index (κ3) is 3.60. The molecule has 0 fully saturated rings. The molecular formula is C12H13F3N2O2. The van der Waals surface area contributed by atoms with Crippen LogP contribution in [0.4, 0.5) is 18.9 Å². The normalized spacial score (nSPS) is 14.8. The molecule has 0 saturated carbocycles. The monoisotopic (exact) mass is 274 g/mol. The highest BCUT2D eigenvalue weighted by molar-refractivity contribution is 5.96. The molecule has 1 aliphatic heterocycles.